The van der Waals surface area contributed by atoms with Gasteiger partial charge in [0, 0.05) is 30.9 Å². The predicted octanol–water partition coefficient (Wildman–Crippen LogP) is 3.90. The van der Waals surface area contributed by atoms with Crippen LogP contribution in [0.25, 0.3) is 11.0 Å². The number of sulfonamides is 1. The topological polar surface area (TPSA) is 81.5 Å². The minimum Gasteiger partial charge on any atom is -0.491 e. The van der Waals surface area contributed by atoms with Crippen LogP contribution in [0.3, 0.4) is 0 Å². The van der Waals surface area contributed by atoms with Crippen LogP contribution in [0.4, 0.5) is 0 Å². The molecule has 0 radical (unpaired) electrons. The number of rotatable bonds is 7. The highest BCUT2D eigenvalue weighted by Crippen LogP contribution is 2.35. The Labute approximate surface area is 189 Å². The second kappa shape index (κ2) is 9.03. The quantitative estimate of drug-likeness (QED) is 0.505. The molecule has 8 heteroatoms. The van der Waals surface area contributed by atoms with Crippen molar-refractivity contribution in [3.63, 3.8) is 0 Å². The molecule has 7 nitrogen and oxygen atoms in total. The molecule has 0 unspecified atom stereocenters. The summed E-state index contributed by atoms with van der Waals surface area (Å²) < 4.78 is 35.3. The highest BCUT2D eigenvalue weighted by molar-refractivity contribution is 7.89. The van der Waals surface area contributed by atoms with Gasteiger partial charge in [0.05, 0.1) is 17.5 Å². The van der Waals surface area contributed by atoms with Gasteiger partial charge in [-0.1, -0.05) is 0 Å². The van der Waals surface area contributed by atoms with Gasteiger partial charge in [-0.2, -0.15) is 4.31 Å². The van der Waals surface area contributed by atoms with Gasteiger partial charge in [0.2, 0.25) is 10.0 Å². The molecule has 0 amide bonds. The number of carbonyl (C=O) groups excluding carboxylic acids is 1. The average Bonchev–Trinajstić information content (AvgIpc) is 3.11. The highest BCUT2D eigenvalue weighted by Gasteiger charge is 2.31. The Morgan fingerprint density at radius 3 is 2.50 bits per heavy atom. The van der Waals surface area contributed by atoms with E-state index in [2.05, 4.69) is 11.1 Å². The first-order chi connectivity index (χ1) is 15.3. The van der Waals surface area contributed by atoms with Gasteiger partial charge in [-0.25, -0.2) is 13.4 Å². The average molecular weight is 456 g/mol. The summed E-state index contributed by atoms with van der Waals surface area (Å²) in [7, 11) is -3.55. The Bertz CT molecular complexity index is 1210. The molecule has 170 valence electrons. The number of ether oxygens (including phenoxy) is 1. The van der Waals surface area contributed by atoms with E-state index in [1.54, 1.807) is 34.8 Å². The highest BCUT2D eigenvalue weighted by atomic mass is 32.2. The zero-order chi connectivity index (χ0) is 22.9. The molecular formula is C24H29N3O4S. The number of fused-ring (bicyclic) bond motifs is 1. The third-order valence-electron chi connectivity index (χ3n) is 5.88. The molecule has 0 bridgehead atoms. The van der Waals surface area contributed by atoms with Gasteiger partial charge in [0.1, 0.15) is 17.7 Å². The number of aryl methyl sites for hydroxylation is 1. The first-order valence-corrected chi connectivity index (χ1v) is 12.4. The van der Waals surface area contributed by atoms with Crippen molar-refractivity contribution in [2.75, 3.05) is 13.1 Å². The fourth-order valence-electron chi connectivity index (χ4n) is 4.37. The van der Waals surface area contributed by atoms with E-state index in [-0.39, 0.29) is 23.5 Å². The van der Waals surface area contributed by atoms with Crippen molar-refractivity contribution < 1.29 is 17.9 Å². The number of nitrogens with zero attached hydrogens (tertiary/aromatic N) is 3. The number of hydrogen-bond acceptors (Lipinski definition) is 5. The molecule has 4 rings (SSSR count). The summed E-state index contributed by atoms with van der Waals surface area (Å²) in [5.74, 6) is 0.885. The predicted molar refractivity (Wildman–Crippen MR) is 123 cm³/mol. The second-order valence-corrected chi connectivity index (χ2v) is 10.5. The van der Waals surface area contributed by atoms with Crippen molar-refractivity contribution >= 4 is 27.3 Å². The van der Waals surface area contributed by atoms with E-state index >= 15 is 0 Å². The maximum absolute atomic E-state index is 13.1. The van der Waals surface area contributed by atoms with Gasteiger partial charge in [-0.15, -0.1) is 0 Å². The van der Waals surface area contributed by atoms with Crippen molar-refractivity contribution in [3.05, 3.63) is 53.9 Å². The molecule has 1 aromatic carbocycles. The number of piperidine rings is 1. The number of aldehydes is 1. The fraction of sp³-hybridized carbons (Fsp3) is 0.417. The van der Waals surface area contributed by atoms with Crippen LogP contribution in [-0.4, -0.2) is 47.8 Å². The van der Waals surface area contributed by atoms with Crippen LogP contribution in [0, 0.1) is 6.92 Å². The molecule has 32 heavy (non-hydrogen) atoms. The van der Waals surface area contributed by atoms with Crippen molar-refractivity contribution in [1.82, 2.24) is 13.9 Å². The third-order valence-corrected chi connectivity index (χ3v) is 7.79. The molecule has 0 saturated carbocycles. The molecule has 3 heterocycles. The zero-order valence-electron chi connectivity index (χ0n) is 18.7. The lowest BCUT2D eigenvalue weighted by Crippen LogP contribution is -2.37. The summed E-state index contributed by atoms with van der Waals surface area (Å²) in [5, 5.41) is 1.05. The Hall–Kier alpha value is -2.71. The summed E-state index contributed by atoms with van der Waals surface area (Å²) in [6.07, 6.45) is 6.17. The van der Waals surface area contributed by atoms with Crippen molar-refractivity contribution in [3.8, 4) is 5.75 Å². The lowest BCUT2D eigenvalue weighted by atomic mass is 9.90. The van der Waals surface area contributed by atoms with E-state index in [1.165, 1.54) is 0 Å². The SMILES string of the molecule is Cc1cnc2c(c1)c(C1CCN(S(=O)(=O)c3ccc(OC(C)C)cc3)CC1)cn2CC=O. The van der Waals surface area contributed by atoms with Gasteiger partial charge >= 0.3 is 0 Å². The minimum atomic E-state index is -3.55. The van der Waals surface area contributed by atoms with Gasteiger partial charge in [-0.05, 0) is 81.0 Å². The monoisotopic (exact) mass is 455 g/mol. The largest absolute Gasteiger partial charge is 0.491 e. The molecule has 2 aromatic heterocycles. The first kappa shape index (κ1) is 22.5. The maximum atomic E-state index is 13.1. The van der Waals surface area contributed by atoms with Crippen LogP contribution in [0.15, 0.2) is 47.6 Å². The summed E-state index contributed by atoms with van der Waals surface area (Å²) in [4.78, 5) is 15.9. The van der Waals surface area contributed by atoms with Gasteiger partial charge in [-0.3, -0.25) is 0 Å². The maximum Gasteiger partial charge on any atom is 0.243 e. The number of aromatic nitrogens is 2. The van der Waals surface area contributed by atoms with Crippen LogP contribution < -0.4 is 4.74 Å². The van der Waals surface area contributed by atoms with Gasteiger partial charge < -0.3 is 14.1 Å². The van der Waals surface area contributed by atoms with Crippen LogP contribution in [0.5, 0.6) is 5.75 Å². The second-order valence-electron chi connectivity index (χ2n) is 8.60. The van der Waals surface area contributed by atoms with E-state index in [9.17, 15) is 13.2 Å². The van der Waals surface area contributed by atoms with Crippen molar-refractivity contribution in [1.29, 1.82) is 0 Å². The molecule has 0 aliphatic carbocycles. The van der Waals surface area contributed by atoms with E-state index < -0.39 is 10.0 Å². The zero-order valence-corrected chi connectivity index (χ0v) is 19.5. The molecule has 3 aromatic rings. The smallest absolute Gasteiger partial charge is 0.243 e. The van der Waals surface area contributed by atoms with Crippen molar-refractivity contribution in [2.24, 2.45) is 0 Å². The Kier molecular flexibility index (Phi) is 6.35. The summed E-state index contributed by atoms with van der Waals surface area (Å²) in [5.41, 5.74) is 3.01. The number of carbonyl (C=O) groups is 1. The van der Waals surface area contributed by atoms with Gasteiger partial charge in [0.15, 0.2) is 0 Å². The molecule has 1 aliphatic rings. The van der Waals surface area contributed by atoms with Crippen molar-refractivity contribution in [2.45, 2.75) is 57.1 Å². The van der Waals surface area contributed by atoms with Crippen LogP contribution >= 0.6 is 0 Å². The van der Waals surface area contributed by atoms with E-state index in [0.29, 0.717) is 18.8 Å². The lowest BCUT2D eigenvalue weighted by Gasteiger charge is -2.31. The third kappa shape index (κ3) is 4.42. The van der Waals surface area contributed by atoms with Crippen LogP contribution in [0.1, 0.15) is 43.7 Å². The number of benzene rings is 1. The Balaban J connectivity index is 1.52. The summed E-state index contributed by atoms with van der Waals surface area (Å²) in [6, 6.07) is 8.73. The number of pyridine rings is 1. The lowest BCUT2D eigenvalue weighted by molar-refractivity contribution is -0.108. The molecular weight excluding hydrogens is 426 g/mol. The molecule has 0 N–H and O–H groups in total. The normalized spacial score (nSPS) is 16.0. The Morgan fingerprint density at radius 2 is 1.88 bits per heavy atom. The summed E-state index contributed by atoms with van der Waals surface area (Å²) >= 11 is 0. The number of hydrogen-bond donors (Lipinski definition) is 0. The van der Waals surface area contributed by atoms with E-state index in [4.69, 9.17) is 4.74 Å². The fourth-order valence-corrected chi connectivity index (χ4v) is 5.83. The first-order valence-electron chi connectivity index (χ1n) is 11.0. The van der Waals surface area contributed by atoms with Crippen LogP contribution in [-0.2, 0) is 21.4 Å². The molecule has 1 saturated heterocycles. The molecule has 0 atom stereocenters. The van der Waals surface area contributed by atoms with E-state index in [0.717, 1.165) is 41.3 Å². The Morgan fingerprint density at radius 1 is 1.19 bits per heavy atom. The van der Waals surface area contributed by atoms with Gasteiger partial charge in [0.25, 0.3) is 0 Å². The molecule has 0 spiro atoms. The molecule has 1 fully saturated rings. The standard InChI is InChI=1S/C24H29N3O4S/c1-17(2)31-20-4-6-21(7-5-20)32(29,30)27-10-8-19(9-11-27)23-16-26(12-13-28)24-22(23)14-18(3)15-25-24/h4-7,13-17,19H,8-12H2,1-3H3. The van der Waals surface area contributed by atoms with Crippen LogP contribution in [0.2, 0.25) is 0 Å². The molecule has 1 aliphatic heterocycles. The summed E-state index contributed by atoms with van der Waals surface area (Å²) in [6.45, 7) is 7.04. The van der Waals surface area contributed by atoms with E-state index in [1.807, 2.05) is 31.5 Å². The minimum absolute atomic E-state index is 0.0351.